The normalized spacial score (nSPS) is 17.2. The first-order valence-electron chi connectivity index (χ1n) is 6.98. The molecule has 0 saturated carbocycles. The van der Waals surface area contributed by atoms with E-state index in [1.165, 1.54) is 11.1 Å². The van der Waals surface area contributed by atoms with Crippen molar-refractivity contribution in [1.82, 2.24) is 5.01 Å². The number of hydrogen-bond acceptors (Lipinski definition) is 3. The van der Waals surface area contributed by atoms with Gasteiger partial charge in [0.25, 0.3) is 0 Å². The third-order valence-corrected chi connectivity index (χ3v) is 3.84. The van der Waals surface area contributed by atoms with E-state index in [2.05, 4.69) is 50.3 Å². The standard InChI is InChI=1S/C17H17BrN2O/c18-16-10-19-20(12-16)11-14-6-8-17(9-7-14)21-13-15-4-2-1-3-5-15/h1-10,16H,11-13H2. The van der Waals surface area contributed by atoms with Gasteiger partial charge < -0.3 is 4.74 Å². The highest BCUT2D eigenvalue weighted by molar-refractivity contribution is 9.10. The molecule has 3 nitrogen and oxygen atoms in total. The predicted molar refractivity (Wildman–Crippen MR) is 88.8 cm³/mol. The number of halogens is 1. The van der Waals surface area contributed by atoms with E-state index in [1.54, 1.807) is 0 Å². The van der Waals surface area contributed by atoms with Crippen LogP contribution < -0.4 is 4.74 Å². The Kier molecular flexibility index (Phi) is 4.55. The molecule has 21 heavy (non-hydrogen) atoms. The molecule has 0 N–H and O–H groups in total. The lowest BCUT2D eigenvalue weighted by Gasteiger charge is -2.14. The molecule has 0 spiro atoms. The SMILES string of the molecule is BrC1C=NN(Cc2ccc(OCc3ccccc3)cc2)C1. The average molecular weight is 345 g/mol. The van der Waals surface area contributed by atoms with Crippen molar-refractivity contribution in [1.29, 1.82) is 0 Å². The van der Waals surface area contributed by atoms with Crippen LogP contribution in [0.15, 0.2) is 59.7 Å². The number of ether oxygens (including phenoxy) is 1. The average Bonchev–Trinajstić information content (AvgIpc) is 2.93. The molecule has 0 amide bonds. The van der Waals surface area contributed by atoms with Gasteiger partial charge in [-0.05, 0) is 23.3 Å². The summed E-state index contributed by atoms with van der Waals surface area (Å²) in [7, 11) is 0. The summed E-state index contributed by atoms with van der Waals surface area (Å²) in [6.45, 7) is 2.35. The molecule has 3 rings (SSSR count). The van der Waals surface area contributed by atoms with Gasteiger partial charge in [-0.25, -0.2) is 0 Å². The maximum atomic E-state index is 5.78. The van der Waals surface area contributed by atoms with E-state index >= 15 is 0 Å². The molecule has 0 aliphatic carbocycles. The van der Waals surface area contributed by atoms with Crippen LogP contribution in [0.1, 0.15) is 11.1 Å². The molecule has 2 aromatic rings. The van der Waals surface area contributed by atoms with Crippen LogP contribution in [0.5, 0.6) is 5.75 Å². The van der Waals surface area contributed by atoms with Crippen LogP contribution in [0.25, 0.3) is 0 Å². The molecule has 0 aromatic heterocycles. The van der Waals surface area contributed by atoms with Crippen molar-refractivity contribution in [2.75, 3.05) is 6.54 Å². The van der Waals surface area contributed by atoms with Gasteiger partial charge in [0, 0.05) is 6.21 Å². The van der Waals surface area contributed by atoms with Gasteiger partial charge in [0.1, 0.15) is 12.4 Å². The number of hydrazone groups is 1. The Morgan fingerprint density at radius 3 is 2.48 bits per heavy atom. The van der Waals surface area contributed by atoms with Crippen LogP contribution in [0.2, 0.25) is 0 Å². The quantitative estimate of drug-likeness (QED) is 0.770. The summed E-state index contributed by atoms with van der Waals surface area (Å²) in [6, 6.07) is 18.4. The van der Waals surface area contributed by atoms with Crippen LogP contribution in [0.3, 0.4) is 0 Å². The Morgan fingerprint density at radius 1 is 1.05 bits per heavy atom. The van der Waals surface area contributed by atoms with E-state index in [9.17, 15) is 0 Å². The zero-order valence-electron chi connectivity index (χ0n) is 11.7. The van der Waals surface area contributed by atoms with Crippen LogP contribution in [0.4, 0.5) is 0 Å². The molecule has 0 saturated heterocycles. The van der Waals surface area contributed by atoms with Crippen molar-refractivity contribution in [3.63, 3.8) is 0 Å². The monoisotopic (exact) mass is 344 g/mol. The molecule has 1 unspecified atom stereocenters. The van der Waals surface area contributed by atoms with Gasteiger partial charge in [0.2, 0.25) is 0 Å². The van der Waals surface area contributed by atoms with E-state index in [-0.39, 0.29) is 0 Å². The van der Waals surface area contributed by atoms with Crippen molar-refractivity contribution in [3.8, 4) is 5.75 Å². The fourth-order valence-corrected chi connectivity index (χ4v) is 2.65. The molecule has 1 heterocycles. The summed E-state index contributed by atoms with van der Waals surface area (Å²) in [6.07, 6.45) is 1.93. The highest BCUT2D eigenvalue weighted by Crippen LogP contribution is 2.17. The third kappa shape index (κ3) is 4.08. The first-order chi connectivity index (χ1) is 10.3. The largest absolute Gasteiger partial charge is 0.489 e. The lowest BCUT2D eigenvalue weighted by Crippen LogP contribution is -2.17. The maximum absolute atomic E-state index is 5.78. The van der Waals surface area contributed by atoms with Gasteiger partial charge in [-0.2, -0.15) is 5.10 Å². The van der Waals surface area contributed by atoms with E-state index in [0.29, 0.717) is 11.4 Å². The minimum Gasteiger partial charge on any atom is -0.489 e. The number of benzene rings is 2. The number of rotatable bonds is 5. The van der Waals surface area contributed by atoms with Gasteiger partial charge >= 0.3 is 0 Å². The van der Waals surface area contributed by atoms with Gasteiger partial charge in [-0.1, -0.05) is 58.4 Å². The van der Waals surface area contributed by atoms with Crippen LogP contribution in [0, 0.1) is 0 Å². The number of nitrogens with zero attached hydrogens (tertiary/aromatic N) is 2. The second-order valence-corrected chi connectivity index (χ2v) is 6.22. The minimum atomic E-state index is 0.367. The molecule has 0 radical (unpaired) electrons. The second-order valence-electron chi connectivity index (χ2n) is 5.05. The zero-order valence-corrected chi connectivity index (χ0v) is 13.2. The number of alkyl halides is 1. The van der Waals surface area contributed by atoms with Gasteiger partial charge in [0.05, 0.1) is 17.9 Å². The second kappa shape index (κ2) is 6.76. The van der Waals surface area contributed by atoms with E-state index < -0.39 is 0 Å². The fourth-order valence-electron chi connectivity index (χ4n) is 2.21. The Labute approximate surface area is 133 Å². The predicted octanol–water partition coefficient (Wildman–Crippen LogP) is 3.83. The highest BCUT2D eigenvalue weighted by Gasteiger charge is 2.14. The molecule has 108 valence electrons. The Morgan fingerprint density at radius 2 is 1.81 bits per heavy atom. The first-order valence-corrected chi connectivity index (χ1v) is 7.90. The van der Waals surface area contributed by atoms with Crippen molar-refractivity contribution in [2.24, 2.45) is 5.10 Å². The molecule has 1 aliphatic heterocycles. The van der Waals surface area contributed by atoms with Crippen LogP contribution >= 0.6 is 15.9 Å². The Hall–Kier alpha value is -1.81. The van der Waals surface area contributed by atoms with Crippen molar-refractivity contribution >= 4 is 22.1 Å². The molecule has 1 aliphatic rings. The molecule has 0 fully saturated rings. The molecular weight excluding hydrogens is 328 g/mol. The fraction of sp³-hybridized carbons (Fsp3) is 0.235. The van der Waals surface area contributed by atoms with Crippen LogP contribution in [-0.2, 0) is 13.2 Å². The van der Waals surface area contributed by atoms with Gasteiger partial charge in [-0.15, -0.1) is 0 Å². The zero-order chi connectivity index (χ0) is 14.5. The van der Waals surface area contributed by atoms with Gasteiger partial charge in [0.15, 0.2) is 0 Å². The van der Waals surface area contributed by atoms with Crippen molar-refractivity contribution in [3.05, 3.63) is 65.7 Å². The summed E-state index contributed by atoms with van der Waals surface area (Å²) in [4.78, 5) is 0.367. The van der Waals surface area contributed by atoms with E-state index in [0.717, 1.165) is 18.8 Å². The lowest BCUT2D eigenvalue weighted by atomic mass is 10.2. The summed E-state index contributed by atoms with van der Waals surface area (Å²) >= 11 is 3.54. The Bertz CT molecular complexity index is 598. The first kappa shape index (κ1) is 14.1. The molecule has 2 aromatic carbocycles. The summed E-state index contributed by atoms with van der Waals surface area (Å²) in [5.41, 5.74) is 2.41. The molecular formula is C17H17BrN2O. The molecule has 0 bridgehead atoms. The Balaban J connectivity index is 1.53. The van der Waals surface area contributed by atoms with Crippen molar-refractivity contribution < 1.29 is 4.74 Å². The van der Waals surface area contributed by atoms with Crippen LogP contribution in [-0.4, -0.2) is 22.6 Å². The third-order valence-electron chi connectivity index (χ3n) is 3.31. The number of hydrogen-bond donors (Lipinski definition) is 0. The summed E-state index contributed by atoms with van der Waals surface area (Å²) in [5, 5.41) is 6.40. The highest BCUT2D eigenvalue weighted by atomic mass is 79.9. The smallest absolute Gasteiger partial charge is 0.119 e. The summed E-state index contributed by atoms with van der Waals surface area (Å²) in [5.74, 6) is 0.894. The summed E-state index contributed by atoms with van der Waals surface area (Å²) < 4.78 is 5.78. The van der Waals surface area contributed by atoms with E-state index in [4.69, 9.17) is 4.74 Å². The van der Waals surface area contributed by atoms with E-state index in [1.807, 2.05) is 36.5 Å². The lowest BCUT2D eigenvalue weighted by molar-refractivity contribution is 0.303. The minimum absolute atomic E-state index is 0.367. The van der Waals surface area contributed by atoms with Crippen molar-refractivity contribution in [2.45, 2.75) is 18.0 Å². The topological polar surface area (TPSA) is 24.8 Å². The maximum Gasteiger partial charge on any atom is 0.119 e. The molecule has 1 atom stereocenters. The molecule has 4 heteroatoms. The van der Waals surface area contributed by atoms with Gasteiger partial charge in [-0.3, -0.25) is 5.01 Å².